The molecule has 2 aliphatic heterocycles. The molecule has 0 spiro atoms. The van der Waals surface area contributed by atoms with E-state index in [1.54, 1.807) is 29.2 Å². The van der Waals surface area contributed by atoms with Crippen LogP contribution in [0.2, 0.25) is 5.02 Å². The number of hydrogen-bond donors (Lipinski definition) is 0. The first kappa shape index (κ1) is 25.1. The molecular weight excluding hydrogens is 498 g/mol. The monoisotopic (exact) mass is 525 g/mol. The number of aryl methyl sites for hydroxylation is 1. The normalized spacial score (nSPS) is 20.9. The second-order valence-corrected chi connectivity index (χ2v) is 13.0. The van der Waals surface area contributed by atoms with Crippen molar-refractivity contribution in [2.24, 2.45) is 5.92 Å². The van der Waals surface area contributed by atoms with Gasteiger partial charge in [0.05, 0.1) is 15.7 Å². The molecule has 1 amide bonds. The van der Waals surface area contributed by atoms with Gasteiger partial charge in [-0.05, 0) is 56.2 Å². The van der Waals surface area contributed by atoms with E-state index in [1.165, 1.54) is 32.9 Å². The highest BCUT2D eigenvalue weighted by Crippen LogP contribution is 2.27. The van der Waals surface area contributed by atoms with Crippen LogP contribution < -0.4 is 0 Å². The van der Waals surface area contributed by atoms with Crippen LogP contribution in [-0.4, -0.2) is 75.5 Å². The molecule has 0 bridgehead atoms. The van der Waals surface area contributed by atoms with Crippen LogP contribution in [0, 0.1) is 12.8 Å². The molecule has 1 atom stereocenters. The molecule has 2 aromatic carbocycles. The molecule has 4 rings (SSSR count). The van der Waals surface area contributed by atoms with Crippen molar-refractivity contribution < 1.29 is 21.6 Å². The first-order valence-corrected chi connectivity index (χ1v) is 14.5. The molecule has 2 aromatic rings. The predicted octanol–water partition coefficient (Wildman–Crippen LogP) is 2.58. The highest BCUT2D eigenvalue weighted by molar-refractivity contribution is 7.89. The van der Waals surface area contributed by atoms with Crippen molar-refractivity contribution in [1.29, 1.82) is 0 Å². The summed E-state index contributed by atoms with van der Waals surface area (Å²) in [4.78, 5) is 15.2. The van der Waals surface area contributed by atoms with Crippen LogP contribution in [0.4, 0.5) is 0 Å². The van der Waals surface area contributed by atoms with Gasteiger partial charge in [-0.15, -0.1) is 0 Å². The molecule has 0 radical (unpaired) electrons. The van der Waals surface area contributed by atoms with Crippen molar-refractivity contribution >= 4 is 37.6 Å². The largest absolute Gasteiger partial charge is 0.340 e. The van der Waals surface area contributed by atoms with Crippen molar-refractivity contribution in [2.75, 3.05) is 39.3 Å². The Morgan fingerprint density at radius 1 is 0.794 bits per heavy atom. The molecule has 2 heterocycles. The smallest absolute Gasteiger partial charge is 0.243 e. The molecule has 0 N–H and O–H groups in total. The fourth-order valence-corrected chi connectivity index (χ4v) is 7.46. The molecule has 2 aliphatic rings. The minimum atomic E-state index is -3.72. The number of piperazine rings is 1. The molecule has 34 heavy (non-hydrogen) atoms. The highest BCUT2D eigenvalue weighted by atomic mass is 35.5. The summed E-state index contributed by atoms with van der Waals surface area (Å²) < 4.78 is 54.7. The Balaban J connectivity index is 1.39. The van der Waals surface area contributed by atoms with E-state index < -0.39 is 26.0 Å². The van der Waals surface area contributed by atoms with Gasteiger partial charge in [-0.3, -0.25) is 4.79 Å². The Morgan fingerprint density at radius 2 is 1.32 bits per heavy atom. The number of nitrogens with zero attached hydrogens (tertiary/aromatic N) is 3. The molecular formula is C23H28ClN3O5S2. The lowest BCUT2D eigenvalue weighted by Gasteiger charge is -2.38. The van der Waals surface area contributed by atoms with Crippen molar-refractivity contribution in [1.82, 2.24) is 13.5 Å². The highest BCUT2D eigenvalue weighted by Gasteiger charge is 2.37. The molecule has 0 aliphatic carbocycles. The third-order valence-electron chi connectivity index (χ3n) is 6.39. The maximum absolute atomic E-state index is 13.2. The summed E-state index contributed by atoms with van der Waals surface area (Å²) in [5.41, 5.74) is 0.981. The summed E-state index contributed by atoms with van der Waals surface area (Å²) in [6.45, 7) is 3.36. The van der Waals surface area contributed by atoms with Gasteiger partial charge in [0.2, 0.25) is 26.0 Å². The zero-order valence-electron chi connectivity index (χ0n) is 18.9. The summed E-state index contributed by atoms with van der Waals surface area (Å²) >= 11 is 5.88. The van der Waals surface area contributed by atoms with E-state index in [9.17, 15) is 21.6 Å². The summed E-state index contributed by atoms with van der Waals surface area (Å²) in [7, 11) is -7.34. The number of carbonyl (C=O) groups excluding carboxylic acids is 1. The first-order valence-electron chi connectivity index (χ1n) is 11.2. The first-order chi connectivity index (χ1) is 16.1. The number of sulfonamides is 2. The fraction of sp³-hybridized carbons (Fsp3) is 0.435. The average Bonchev–Trinajstić information content (AvgIpc) is 2.84. The van der Waals surface area contributed by atoms with Gasteiger partial charge in [-0.1, -0.05) is 29.3 Å². The van der Waals surface area contributed by atoms with E-state index >= 15 is 0 Å². The Kier molecular flexibility index (Phi) is 7.35. The minimum Gasteiger partial charge on any atom is -0.340 e. The van der Waals surface area contributed by atoms with Gasteiger partial charge in [0.1, 0.15) is 0 Å². The lowest BCUT2D eigenvalue weighted by molar-refractivity contribution is -0.137. The van der Waals surface area contributed by atoms with Gasteiger partial charge in [-0.25, -0.2) is 16.8 Å². The van der Waals surface area contributed by atoms with Crippen molar-refractivity contribution in [3.05, 3.63) is 59.1 Å². The number of hydrogen-bond acceptors (Lipinski definition) is 5. The van der Waals surface area contributed by atoms with Gasteiger partial charge in [0, 0.05) is 44.3 Å². The molecule has 2 saturated heterocycles. The van der Waals surface area contributed by atoms with Gasteiger partial charge in [-0.2, -0.15) is 8.61 Å². The second kappa shape index (κ2) is 9.94. The number of rotatable bonds is 5. The number of halogens is 1. The van der Waals surface area contributed by atoms with E-state index in [4.69, 9.17) is 11.6 Å². The van der Waals surface area contributed by atoms with Gasteiger partial charge in [0.15, 0.2) is 0 Å². The van der Waals surface area contributed by atoms with Crippen molar-refractivity contribution in [3.63, 3.8) is 0 Å². The molecule has 8 nitrogen and oxygen atoms in total. The van der Waals surface area contributed by atoms with Crippen LogP contribution in [0.3, 0.4) is 0 Å². The van der Waals surface area contributed by atoms with E-state index in [-0.39, 0.29) is 48.4 Å². The van der Waals surface area contributed by atoms with Crippen LogP contribution in [0.25, 0.3) is 0 Å². The Labute approximate surface area is 206 Å². The summed E-state index contributed by atoms with van der Waals surface area (Å²) in [6.07, 6.45) is 1.19. The molecule has 184 valence electrons. The zero-order valence-corrected chi connectivity index (χ0v) is 21.3. The van der Waals surface area contributed by atoms with E-state index in [2.05, 4.69) is 0 Å². The number of piperidine rings is 1. The van der Waals surface area contributed by atoms with E-state index in [1.807, 2.05) is 6.92 Å². The van der Waals surface area contributed by atoms with Crippen molar-refractivity contribution in [2.45, 2.75) is 29.6 Å². The minimum absolute atomic E-state index is 0.117. The van der Waals surface area contributed by atoms with Crippen LogP contribution in [0.15, 0.2) is 58.3 Å². The molecule has 11 heteroatoms. The molecule has 2 fully saturated rings. The topological polar surface area (TPSA) is 95.1 Å². The summed E-state index contributed by atoms with van der Waals surface area (Å²) in [5, 5.41) is 0.453. The number of carbonyl (C=O) groups is 1. The molecule has 1 unspecified atom stereocenters. The molecule has 0 saturated carbocycles. The molecule has 0 aromatic heterocycles. The average molecular weight is 526 g/mol. The van der Waals surface area contributed by atoms with Crippen molar-refractivity contribution in [3.8, 4) is 0 Å². The maximum Gasteiger partial charge on any atom is 0.243 e. The Morgan fingerprint density at radius 3 is 1.91 bits per heavy atom. The summed E-state index contributed by atoms with van der Waals surface area (Å²) in [6, 6.07) is 12.7. The van der Waals surface area contributed by atoms with Gasteiger partial charge >= 0.3 is 0 Å². The second-order valence-electron chi connectivity index (χ2n) is 8.70. The lowest BCUT2D eigenvalue weighted by Crippen LogP contribution is -2.54. The lowest BCUT2D eigenvalue weighted by atomic mass is 9.98. The van der Waals surface area contributed by atoms with Crippen LogP contribution in [-0.2, 0) is 24.8 Å². The van der Waals surface area contributed by atoms with Gasteiger partial charge < -0.3 is 4.90 Å². The van der Waals surface area contributed by atoms with Crippen LogP contribution in [0.5, 0.6) is 0 Å². The Bertz CT molecular complexity index is 1240. The third-order valence-corrected chi connectivity index (χ3v) is 10.4. The van der Waals surface area contributed by atoms with Crippen LogP contribution >= 0.6 is 11.6 Å². The Hall–Kier alpha value is -1.98. The maximum atomic E-state index is 13.2. The summed E-state index contributed by atoms with van der Waals surface area (Å²) in [5.74, 6) is -0.570. The fourth-order valence-electron chi connectivity index (χ4n) is 4.38. The van der Waals surface area contributed by atoms with Gasteiger partial charge in [0.25, 0.3) is 0 Å². The van der Waals surface area contributed by atoms with E-state index in [0.717, 1.165) is 5.56 Å². The number of amides is 1. The number of benzene rings is 2. The predicted molar refractivity (Wildman–Crippen MR) is 129 cm³/mol. The quantitative estimate of drug-likeness (QED) is 0.598. The van der Waals surface area contributed by atoms with E-state index in [0.29, 0.717) is 24.4 Å². The van der Waals surface area contributed by atoms with Crippen LogP contribution in [0.1, 0.15) is 18.4 Å². The standard InChI is InChI=1S/C23H28ClN3O5S2/c1-18-4-8-21(9-5-18)33(29,30)26-15-13-25(14-16-26)23(28)19-3-2-12-27(17-19)34(31,32)22-10-6-20(24)7-11-22/h4-11,19H,2-3,12-17H2,1H3. The third kappa shape index (κ3) is 5.16. The SMILES string of the molecule is Cc1ccc(S(=O)(=O)N2CCN(C(=O)C3CCCN(S(=O)(=O)c4ccc(Cl)cc4)C3)CC2)cc1. The zero-order chi connectivity index (χ0) is 24.5.